The second kappa shape index (κ2) is 9.54. The van der Waals surface area contributed by atoms with Gasteiger partial charge in [0.2, 0.25) is 5.91 Å². The first-order chi connectivity index (χ1) is 15.7. The van der Waals surface area contributed by atoms with Gasteiger partial charge >= 0.3 is 0 Å². The van der Waals surface area contributed by atoms with Gasteiger partial charge in [0.15, 0.2) is 0 Å². The smallest absolute Gasteiger partial charge is 0.253 e. The van der Waals surface area contributed by atoms with Crippen molar-refractivity contribution in [3.63, 3.8) is 0 Å². The van der Waals surface area contributed by atoms with Crippen molar-refractivity contribution >= 4 is 11.8 Å². The molecule has 2 amide bonds. The van der Waals surface area contributed by atoms with Gasteiger partial charge in [-0.2, -0.15) is 0 Å². The molecule has 4 fully saturated rings. The van der Waals surface area contributed by atoms with Crippen molar-refractivity contribution in [2.75, 3.05) is 39.3 Å². The van der Waals surface area contributed by atoms with E-state index in [2.05, 4.69) is 9.80 Å². The second-order valence-electron chi connectivity index (χ2n) is 10.7. The van der Waals surface area contributed by atoms with Gasteiger partial charge in [-0.05, 0) is 63.7 Å². The van der Waals surface area contributed by atoms with Crippen LogP contribution in [0.2, 0.25) is 0 Å². The van der Waals surface area contributed by atoms with Crippen molar-refractivity contribution in [2.45, 2.75) is 70.3 Å². The number of likely N-dealkylation sites (tertiary alicyclic amines) is 3. The zero-order chi connectivity index (χ0) is 22.0. The van der Waals surface area contributed by atoms with Crippen molar-refractivity contribution in [2.24, 2.45) is 11.3 Å². The van der Waals surface area contributed by atoms with Gasteiger partial charge in [-0.3, -0.25) is 9.59 Å². The first-order valence-corrected chi connectivity index (χ1v) is 13.0. The maximum atomic E-state index is 13.8. The molecule has 3 saturated heterocycles. The fraction of sp³-hybridized carbons (Fsp3) is 0.704. The monoisotopic (exact) mass is 437 g/mol. The van der Waals surface area contributed by atoms with Gasteiger partial charge in [-0.15, -0.1) is 0 Å². The quantitative estimate of drug-likeness (QED) is 0.712. The molecule has 174 valence electrons. The number of benzene rings is 1. The summed E-state index contributed by atoms with van der Waals surface area (Å²) in [7, 11) is 0. The molecule has 0 bridgehead atoms. The van der Waals surface area contributed by atoms with Crippen molar-refractivity contribution in [1.29, 1.82) is 0 Å². The van der Waals surface area contributed by atoms with E-state index < -0.39 is 0 Å². The summed E-state index contributed by atoms with van der Waals surface area (Å²) in [5.74, 6) is 0.393. The number of amides is 2. The number of carbonyl (C=O) groups is 2. The molecule has 0 aromatic heterocycles. The summed E-state index contributed by atoms with van der Waals surface area (Å²) in [6.07, 6.45) is 12.1. The summed E-state index contributed by atoms with van der Waals surface area (Å²) in [5.41, 5.74) is 0.734. The number of nitrogens with zero attached hydrogens (tertiary/aromatic N) is 3. The van der Waals surface area contributed by atoms with Crippen LogP contribution in [0.4, 0.5) is 0 Å². The lowest BCUT2D eigenvalue weighted by atomic mass is 9.67. The summed E-state index contributed by atoms with van der Waals surface area (Å²) in [6, 6.07) is 10.3. The van der Waals surface area contributed by atoms with E-state index in [0.29, 0.717) is 18.5 Å². The average molecular weight is 438 g/mol. The highest BCUT2D eigenvalue weighted by Crippen LogP contribution is 2.48. The number of rotatable bonds is 3. The molecule has 1 aliphatic carbocycles. The second-order valence-corrected chi connectivity index (χ2v) is 10.7. The molecule has 5 nitrogen and oxygen atoms in total. The van der Waals surface area contributed by atoms with Gasteiger partial charge in [-0.1, -0.05) is 43.9 Å². The predicted molar refractivity (Wildman–Crippen MR) is 126 cm³/mol. The summed E-state index contributed by atoms with van der Waals surface area (Å²) in [6.45, 7) is 5.60. The Balaban J connectivity index is 1.27. The molecule has 3 aliphatic heterocycles. The molecule has 5 rings (SSSR count). The van der Waals surface area contributed by atoms with Crippen LogP contribution in [0.5, 0.6) is 0 Å². The van der Waals surface area contributed by atoms with Gasteiger partial charge in [0.1, 0.15) is 0 Å². The number of carbonyl (C=O) groups excluding carboxylic acids is 2. The number of hydrogen-bond donors (Lipinski definition) is 0. The van der Waals surface area contributed by atoms with Crippen LogP contribution in [0, 0.1) is 11.3 Å². The minimum absolute atomic E-state index is 0.0104. The van der Waals surface area contributed by atoms with Crippen LogP contribution >= 0.6 is 0 Å². The Morgan fingerprint density at radius 2 is 1.44 bits per heavy atom. The van der Waals surface area contributed by atoms with Gasteiger partial charge < -0.3 is 14.7 Å². The normalized spacial score (nSPS) is 27.1. The van der Waals surface area contributed by atoms with E-state index in [1.54, 1.807) is 0 Å². The average Bonchev–Trinajstić information content (AvgIpc) is 3.23. The Morgan fingerprint density at radius 3 is 2.12 bits per heavy atom. The molecular formula is C27H39N3O2. The Morgan fingerprint density at radius 1 is 0.781 bits per heavy atom. The summed E-state index contributed by atoms with van der Waals surface area (Å²) in [5, 5.41) is 0. The fourth-order valence-corrected chi connectivity index (χ4v) is 6.94. The maximum Gasteiger partial charge on any atom is 0.253 e. The molecule has 0 N–H and O–H groups in total. The molecule has 1 aromatic carbocycles. The fourth-order valence-electron chi connectivity index (χ4n) is 6.94. The van der Waals surface area contributed by atoms with Crippen molar-refractivity contribution < 1.29 is 9.59 Å². The predicted octanol–water partition coefficient (Wildman–Crippen LogP) is 4.19. The minimum Gasteiger partial charge on any atom is -0.342 e. The van der Waals surface area contributed by atoms with E-state index in [-0.39, 0.29) is 17.2 Å². The zero-order valence-corrected chi connectivity index (χ0v) is 19.5. The topological polar surface area (TPSA) is 43.9 Å². The van der Waals surface area contributed by atoms with Gasteiger partial charge in [0.25, 0.3) is 5.91 Å². The molecule has 32 heavy (non-hydrogen) atoms. The van der Waals surface area contributed by atoms with Gasteiger partial charge in [0.05, 0.1) is 5.92 Å². The number of piperidine rings is 2. The standard InChI is InChI=1S/C27H39N3O2/c31-25(22-10-4-1-5-11-22)30-20-24(27(21-30)14-6-2-7-15-27)26(32)29-18-12-23(13-19-29)28-16-8-3-9-17-28/h1,4-5,10-11,23-24H,2-3,6-9,12-21H2. The van der Waals surface area contributed by atoms with Crippen LogP contribution in [0.15, 0.2) is 30.3 Å². The van der Waals surface area contributed by atoms with E-state index >= 15 is 0 Å². The molecule has 1 aromatic rings. The number of hydrogen-bond acceptors (Lipinski definition) is 3. The summed E-state index contributed by atoms with van der Waals surface area (Å²) >= 11 is 0. The van der Waals surface area contributed by atoms with Gasteiger partial charge in [0, 0.05) is 43.2 Å². The lowest BCUT2D eigenvalue weighted by Gasteiger charge is -2.43. The van der Waals surface area contributed by atoms with E-state index in [0.717, 1.165) is 50.9 Å². The summed E-state index contributed by atoms with van der Waals surface area (Å²) in [4.78, 5) is 33.9. The summed E-state index contributed by atoms with van der Waals surface area (Å²) < 4.78 is 0. The molecule has 5 heteroatoms. The molecule has 4 aliphatic rings. The maximum absolute atomic E-state index is 13.8. The van der Waals surface area contributed by atoms with Gasteiger partial charge in [-0.25, -0.2) is 0 Å². The van der Waals surface area contributed by atoms with Crippen LogP contribution in [-0.2, 0) is 4.79 Å². The lowest BCUT2D eigenvalue weighted by Crippen LogP contribution is -2.51. The largest absolute Gasteiger partial charge is 0.342 e. The van der Waals surface area contributed by atoms with E-state index in [1.165, 1.54) is 51.6 Å². The molecule has 0 radical (unpaired) electrons. The highest BCUT2D eigenvalue weighted by Gasteiger charge is 2.52. The van der Waals surface area contributed by atoms with Crippen molar-refractivity contribution in [3.05, 3.63) is 35.9 Å². The van der Waals surface area contributed by atoms with Crippen LogP contribution in [-0.4, -0.2) is 71.8 Å². The third-order valence-corrected chi connectivity index (χ3v) is 8.79. The van der Waals surface area contributed by atoms with E-state index in [9.17, 15) is 9.59 Å². The van der Waals surface area contributed by atoms with E-state index in [4.69, 9.17) is 0 Å². The first kappa shape index (κ1) is 21.9. The Hall–Kier alpha value is -1.88. The molecule has 1 saturated carbocycles. The van der Waals surface area contributed by atoms with Crippen LogP contribution in [0.25, 0.3) is 0 Å². The highest BCUT2D eigenvalue weighted by atomic mass is 16.2. The Labute approximate surface area is 193 Å². The highest BCUT2D eigenvalue weighted by molar-refractivity contribution is 5.95. The SMILES string of the molecule is O=C(c1ccccc1)N1CC(C(=O)N2CCC(N3CCCCC3)CC2)C2(CCCCC2)C1. The Bertz CT molecular complexity index is 790. The molecule has 3 heterocycles. The molecule has 1 spiro atoms. The molecule has 1 unspecified atom stereocenters. The van der Waals surface area contributed by atoms with Crippen molar-refractivity contribution in [3.8, 4) is 0 Å². The van der Waals surface area contributed by atoms with Crippen LogP contribution < -0.4 is 0 Å². The third kappa shape index (κ3) is 4.33. The van der Waals surface area contributed by atoms with Crippen LogP contribution in [0.3, 0.4) is 0 Å². The van der Waals surface area contributed by atoms with E-state index in [1.807, 2.05) is 35.2 Å². The minimum atomic E-state index is -0.0259. The molecule has 1 atom stereocenters. The van der Waals surface area contributed by atoms with Crippen LogP contribution in [0.1, 0.15) is 74.6 Å². The lowest BCUT2D eigenvalue weighted by molar-refractivity contribution is -0.140. The molecular weight excluding hydrogens is 398 g/mol. The van der Waals surface area contributed by atoms with Crippen molar-refractivity contribution in [1.82, 2.24) is 14.7 Å². The third-order valence-electron chi connectivity index (χ3n) is 8.79. The zero-order valence-electron chi connectivity index (χ0n) is 19.5. The first-order valence-electron chi connectivity index (χ1n) is 13.0. The Kier molecular flexibility index (Phi) is 6.54.